The van der Waals surface area contributed by atoms with Crippen LogP contribution in [0.15, 0.2) is 35.7 Å². The zero-order chi connectivity index (χ0) is 21.7. The average Bonchev–Trinajstić information content (AvgIpc) is 3.43. The Bertz CT molecular complexity index is 1070. The van der Waals surface area contributed by atoms with Crippen molar-refractivity contribution in [2.75, 3.05) is 7.05 Å². The number of amides is 1. The highest BCUT2D eigenvalue weighted by Crippen LogP contribution is 2.48. The van der Waals surface area contributed by atoms with E-state index in [1.165, 1.54) is 19.2 Å². The van der Waals surface area contributed by atoms with E-state index in [-0.39, 0.29) is 23.2 Å². The predicted octanol–water partition coefficient (Wildman–Crippen LogP) is 3.36. The van der Waals surface area contributed by atoms with Gasteiger partial charge >= 0.3 is 12.2 Å². The lowest BCUT2D eigenvalue weighted by molar-refractivity contribution is -0.137. The van der Waals surface area contributed by atoms with Crippen LogP contribution in [0.4, 0.5) is 18.0 Å². The lowest BCUT2D eigenvalue weighted by Crippen LogP contribution is -2.32. The van der Waals surface area contributed by atoms with E-state index in [1.807, 2.05) is 0 Å². The second-order valence-corrected chi connectivity index (χ2v) is 10.1. The normalized spacial score (nSPS) is 23.7. The molecule has 2 aliphatic rings. The third kappa shape index (κ3) is 3.82. The highest BCUT2D eigenvalue weighted by molar-refractivity contribution is 7.91. The molecule has 30 heavy (non-hydrogen) atoms. The van der Waals surface area contributed by atoms with Crippen molar-refractivity contribution < 1.29 is 26.4 Å². The van der Waals surface area contributed by atoms with Crippen LogP contribution in [0, 0.1) is 11.8 Å². The number of halogens is 3. The van der Waals surface area contributed by atoms with Gasteiger partial charge in [-0.05, 0) is 48.8 Å². The van der Waals surface area contributed by atoms with Gasteiger partial charge in [0.1, 0.15) is 6.33 Å². The Morgan fingerprint density at radius 1 is 1.27 bits per heavy atom. The molecule has 2 bridgehead atoms. The van der Waals surface area contributed by atoms with Crippen molar-refractivity contribution in [1.29, 1.82) is 0 Å². The molecule has 1 aromatic heterocycles. The largest absolute Gasteiger partial charge is 0.416 e. The molecule has 1 aromatic carbocycles. The molecule has 1 heterocycles. The zero-order valence-electron chi connectivity index (χ0n) is 16.2. The first kappa shape index (κ1) is 20.8. The molecule has 162 valence electrons. The van der Waals surface area contributed by atoms with E-state index in [0.717, 1.165) is 47.3 Å². The molecule has 2 saturated carbocycles. The fourth-order valence-corrected chi connectivity index (χ4v) is 6.48. The number of alkyl halides is 3. The number of hydrogen-bond donors (Lipinski definition) is 0. The van der Waals surface area contributed by atoms with Gasteiger partial charge in [0, 0.05) is 13.6 Å². The summed E-state index contributed by atoms with van der Waals surface area (Å²) in [5.41, 5.74) is -0.517. The monoisotopic (exact) mass is 442 g/mol. The van der Waals surface area contributed by atoms with Crippen LogP contribution in [0.25, 0.3) is 0 Å². The molecule has 2 aliphatic carbocycles. The van der Waals surface area contributed by atoms with Crippen molar-refractivity contribution in [2.24, 2.45) is 11.8 Å². The number of aromatic nitrogens is 3. The summed E-state index contributed by atoms with van der Waals surface area (Å²) in [6.07, 6.45) is -0.00198. The molecule has 2 fully saturated rings. The second-order valence-electron chi connectivity index (χ2n) is 8.07. The first-order valence-corrected chi connectivity index (χ1v) is 11.2. The Morgan fingerprint density at radius 3 is 2.67 bits per heavy atom. The van der Waals surface area contributed by atoms with Crippen molar-refractivity contribution in [2.45, 2.75) is 48.8 Å². The number of benzene rings is 1. The number of sulfone groups is 1. The number of fused-ring (bicyclic) bond motifs is 2. The van der Waals surface area contributed by atoms with E-state index in [9.17, 15) is 26.4 Å². The van der Waals surface area contributed by atoms with E-state index in [1.54, 1.807) is 0 Å². The molecular weight excluding hydrogens is 421 g/mol. The van der Waals surface area contributed by atoms with Crippen molar-refractivity contribution >= 4 is 15.9 Å². The zero-order valence-corrected chi connectivity index (χ0v) is 17.0. The lowest BCUT2D eigenvalue weighted by Gasteiger charge is -2.20. The topological polar surface area (TPSA) is 85.2 Å². The maximum absolute atomic E-state index is 12.9. The van der Waals surface area contributed by atoms with Gasteiger partial charge in [0.15, 0.2) is 0 Å². The standard InChI is InChI=1S/C19H21F3N4O3S/c1-25(10-13-3-2-4-15(8-13)19(20,21)22)18(27)26-11-23-17(24-26)30(28,29)16-9-12-5-6-14(16)7-12/h2-4,8,11-12,14,16H,5-7,9-10H2,1H3/t12-,14+,16+/m0/s1. The first-order valence-electron chi connectivity index (χ1n) is 9.63. The summed E-state index contributed by atoms with van der Waals surface area (Å²) < 4.78 is 65.2. The molecule has 0 N–H and O–H groups in total. The molecule has 3 atom stereocenters. The summed E-state index contributed by atoms with van der Waals surface area (Å²) >= 11 is 0. The molecule has 2 aromatic rings. The maximum Gasteiger partial charge on any atom is 0.416 e. The van der Waals surface area contributed by atoms with Crippen molar-refractivity contribution in [1.82, 2.24) is 19.7 Å². The Balaban J connectivity index is 1.48. The highest BCUT2D eigenvalue weighted by Gasteiger charge is 2.48. The molecule has 4 rings (SSSR count). The van der Waals surface area contributed by atoms with Crippen LogP contribution in [0.1, 0.15) is 36.8 Å². The van der Waals surface area contributed by atoms with E-state index >= 15 is 0 Å². The Hall–Kier alpha value is -2.43. The highest BCUT2D eigenvalue weighted by atomic mass is 32.2. The molecule has 1 amide bonds. The minimum atomic E-state index is -4.48. The van der Waals surface area contributed by atoms with Crippen LogP contribution in [-0.2, 0) is 22.6 Å². The van der Waals surface area contributed by atoms with Crippen molar-refractivity contribution in [3.63, 3.8) is 0 Å². The molecule has 0 saturated heterocycles. The summed E-state index contributed by atoms with van der Waals surface area (Å²) in [7, 11) is -2.33. The van der Waals surface area contributed by atoms with Gasteiger partial charge in [-0.1, -0.05) is 18.6 Å². The van der Waals surface area contributed by atoms with Crippen LogP contribution in [-0.4, -0.2) is 46.4 Å². The van der Waals surface area contributed by atoms with Crippen molar-refractivity contribution in [3.8, 4) is 0 Å². The third-order valence-electron chi connectivity index (χ3n) is 5.99. The van der Waals surface area contributed by atoms with Crippen LogP contribution >= 0.6 is 0 Å². The minimum absolute atomic E-state index is 0.100. The fraction of sp³-hybridized carbons (Fsp3) is 0.526. The lowest BCUT2D eigenvalue weighted by atomic mass is 10.0. The first-order chi connectivity index (χ1) is 14.1. The van der Waals surface area contributed by atoms with Gasteiger partial charge in [-0.25, -0.2) is 18.2 Å². The van der Waals surface area contributed by atoms with Gasteiger partial charge in [0.05, 0.1) is 10.8 Å². The number of hydrogen-bond acceptors (Lipinski definition) is 5. The summed E-state index contributed by atoms with van der Waals surface area (Å²) in [6, 6.07) is 3.98. The Kier molecular flexibility index (Phi) is 5.11. The van der Waals surface area contributed by atoms with Gasteiger partial charge in [-0.3, -0.25) is 0 Å². The quantitative estimate of drug-likeness (QED) is 0.725. The van der Waals surface area contributed by atoms with Crippen LogP contribution in [0.3, 0.4) is 0 Å². The molecule has 11 heteroatoms. The fourth-order valence-electron chi connectivity index (χ4n) is 4.53. The van der Waals surface area contributed by atoms with E-state index < -0.39 is 32.9 Å². The molecule has 0 spiro atoms. The van der Waals surface area contributed by atoms with Crippen LogP contribution in [0.2, 0.25) is 0 Å². The molecule has 0 radical (unpaired) electrons. The Morgan fingerprint density at radius 2 is 2.03 bits per heavy atom. The van der Waals surface area contributed by atoms with Gasteiger partial charge in [-0.2, -0.15) is 17.9 Å². The summed E-state index contributed by atoms with van der Waals surface area (Å²) in [6.45, 7) is -0.100. The smallest absolute Gasteiger partial charge is 0.322 e. The second kappa shape index (κ2) is 7.36. The van der Waals surface area contributed by atoms with Gasteiger partial charge < -0.3 is 4.90 Å². The summed E-state index contributed by atoms with van der Waals surface area (Å²) in [5.74, 6) is 0.545. The maximum atomic E-state index is 12.9. The van der Waals surface area contributed by atoms with Gasteiger partial charge in [-0.15, -0.1) is 5.10 Å². The minimum Gasteiger partial charge on any atom is -0.322 e. The van der Waals surface area contributed by atoms with Crippen LogP contribution < -0.4 is 0 Å². The summed E-state index contributed by atoms with van der Waals surface area (Å²) in [5, 5.41) is 2.99. The SMILES string of the molecule is CN(Cc1cccc(C(F)(F)F)c1)C(=O)n1cnc(S(=O)(=O)[C@@H]2C[C@H]3CC[C@@H]2C3)n1. The number of carbonyl (C=O) groups excluding carboxylic acids is 1. The number of rotatable bonds is 4. The van der Waals surface area contributed by atoms with Gasteiger partial charge in [0.25, 0.3) is 5.16 Å². The third-order valence-corrected chi connectivity index (χ3v) is 8.06. The average molecular weight is 442 g/mol. The van der Waals surface area contributed by atoms with Crippen LogP contribution in [0.5, 0.6) is 0 Å². The predicted molar refractivity (Wildman–Crippen MR) is 100 cm³/mol. The van der Waals surface area contributed by atoms with Crippen molar-refractivity contribution in [3.05, 3.63) is 41.7 Å². The van der Waals surface area contributed by atoms with E-state index in [4.69, 9.17) is 0 Å². The number of carbonyl (C=O) groups is 1. The number of nitrogens with zero attached hydrogens (tertiary/aromatic N) is 4. The van der Waals surface area contributed by atoms with E-state index in [0.29, 0.717) is 12.3 Å². The molecule has 0 aliphatic heterocycles. The Labute approximate surface area is 171 Å². The molecule has 0 unspecified atom stereocenters. The molecule has 7 nitrogen and oxygen atoms in total. The molecular formula is C19H21F3N4O3S. The van der Waals surface area contributed by atoms with Gasteiger partial charge in [0.2, 0.25) is 9.84 Å². The van der Waals surface area contributed by atoms with E-state index in [2.05, 4.69) is 10.1 Å². The summed E-state index contributed by atoms with van der Waals surface area (Å²) in [4.78, 5) is 17.6.